The van der Waals surface area contributed by atoms with Gasteiger partial charge < -0.3 is 15.5 Å². The minimum Gasteiger partial charge on any atom is -0.394 e. The summed E-state index contributed by atoms with van der Waals surface area (Å²) in [4.78, 5) is 12.5. The Morgan fingerprint density at radius 3 is 0.943 bits per heavy atom. The Balaban J connectivity index is 3.60. The van der Waals surface area contributed by atoms with E-state index >= 15 is 0 Å². The summed E-state index contributed by atoms with van der Waals surface area (Å²) in [6, 6.07) is -0.656. The molecule has 0 aromatic carbocycles. The van der Waals surface area contributed by atoms with Crippen LogP contribution in [0.15, 0.2) is 109 Å². The number of carbonyl (C=O) groups is 1. The second-order valence-electron chi connectivity index (χ2n) is 20.0. The van der Waals surface area contributed by atoms with Crippen molar-refractivity contribution in [1.82, 2.24) is 5.32 Å². The van der Waals surface area contributed by atoms with Crippen LogP contribution < -0.4 is 5.32 Å². The minimum atomic E-state index is -0.868. The molecule has 0 bridgehead atoms. The van der Waals surface area contributed by atoms with E-state index in [1.54, 1.807) is 6.08 Å². The smallest absolute Gasteiger partial charge is 0.220 e. The second-order valence-corrected chi connectivity index (χ2v) is 20.0. The number of aliphatic hydroxyl groups is 2. The number of nitrogens with one attached hydrogen (secondary N) is 1. The summed E-state index contributed by atoms with van der Waals surface area (Å²) in [6.07, 6.45) is 91.3. The predicted molar refractivity (Wildman–Crippen MR) is 313 cm³/mol. The number of rotatable bonds is 54. The highest BCUT2D eigenvalue weighted by atomic mass is 16.3. The number of aliphatic hydroxyl groups excluding tert-OH is 2. The Kier molecular flexibility index (Phi) is 57.8. The van der Waals surface area contributed by atoms with Gasteiger partial charge in [-0.15, -0.1) is 0 Å². The SMILES string of the molecule is CC/C=C\C/C=C\C/C=C\C/C=C\C/C=C\C/C=C\C/C=C\C/C=C\CCCCC(=O)NC(CO)C(O)/C=C/CCCCCCCCCCCCCCCCCCCCCCCCCCCCCCC. The predicted octanol–water partition coefficient (Wildman–Crippen LogP) is 20.3. The monoisotopic (exact) mass is 970 g/mol. The lowest BCUT2D eigenvalue weighted by Gasteiger charge is -2.19. The molecule has 0 spiro atoms. The van der Waals surface area contributed by atoms with E-state index in [9.17, 15) is 15.0 Å². The Hall–Kier alpha value is -2.95. The van der Waals surface area contributed by atoms with Gasteiger partial charge in [0.1, 0.15) is 0 Å². The van der Waals surface area contributed by atoms with Gasteiger partial charge in [0, 0.05) is 6.42 Å². The minimum absolute atomic E-state index is 0.108. The largest absolute Gasteiger partial charge is 0.394 e. The van der Waals surface area contributed by atoms with E-state index in [2.05, 4.69) is 116 Å². The molecule has 2 unspecified atom stereocenters. The molecule has 0 heterocycles. The van der Waals surface area contributed by atoms with E-state index in [4.69, 9.17) is 0 Å². The van der Waals surface area contributed by atoms with Crippen molar-refractivity contribution >= 4 is 5.91 Å². The zero-order valence-electron chi connectivity index (χ0n) is 46.3. The van der Waals surface area contributed by atoms with Gasteiger partial charge in [0.15, 0.2) is 0 Å². The van der Waals surface area contributed by atoms with Crippen LogP contribution >= 0.6 is 0 Å². The first-order valence-electron chi connectivity index (χ1n) is 30.1. The molecule has 2 atom stereocenters. The number of hydrogen-bond donors (Lipinski definition) is 3. The van der Waals surface area contributed by atoms with E-state index < -0.39 is 12.1 Å². The molecular formula is C66H115NO3. The highest BCUT2D eigenvalue weighted by Crippen LogP contribution is 2.17. The Morgan fingerprint density at radius 1 is 0.357 bits per heavy atom. The van der Waals surface area contributed by atoms with Crippen molar-refractivity contribution in [3.05, 3.63) is 109 Å². The van der Waals surface area contributed by atoms with Crippen molar-refractivity contribution in [1.29, 1.82) is 0 Å². The Morgan fingerprint density at radius 2 is 0.629 bits per heavy atom. The molecule has 4 nitrogen and oxygen atoms in total. The molecular weight excluding hydrogens is 855 g/mol. The fourth-order valence-electron chi connectivity index (χ4n) is 8.73. The van der Waals surface area contributed by atoms with E-state index in [1.165, 1.54) is 180 Å². The van der Waals surface area contributed by atoms with Crippen LogP contribution in [0.25, 0.3) is 0 Å². The molecule has 0 rings (SSSR count). The third kappa shape index (κ3) is 56.0. The van der Waals surface area contributed by atoms with Crippen molar-refractivity contribution in [2.24, 2.45) is 0 Å². The van der Waals surface area contributed by atoms with Crippen molar-refractivity contribution in [3.63, 3.8) is 0 Å². The maximum atomic E-state index is 12.5. The molecule has 0 aliphatic heterocycles. The normalized spacial score (nSPS) is 13.6. The summed E-state index contributed by atoms with van der Waals surface area (Å²) in [5.41, 5.74) is 0. The quantitative estimate of drug-likeness (QED) is 0.0420. The van der Waals surface area contributed by atoms with Crippen LogP contribution in [0.3, 0.4) is 0 Å². The van der Waals surface area contributed by atoms with Crippen LogP contribution in [0.4, 0.5) is 0 Å². The number of carbonyl (C=O) groups excluding carboxylic acids is 1. The van der Waals surface area contributed by atoms with Crippen LogP contribution in [-0.2, 0) is 4.79 Å². The number of hydrogen-bond acceptors (Lipinski definition) is 3. The van der Waals surface area contributed by atoms with E-state index in [0.717, 1.165) is 83.5 Å². The lowest BCUT2D eigenvalue weighted by molar-refractivity contribution is -0.123. The fourth-order valence-corrected chi connectivity index (χ4v) is 8.73. The van der Waals surface area contributed by atoms with E-state index in [1.807, 2.05) is 6.08 Å². The van der Waals surface area contributed by atoms with Gasteiger partial charge >= 0.3 is 0 Å². The first kappa shape index (κ1) is 67.0. The fraction of sp³-hybridized carbons (Fsp3) is 0.712. The maximum Gasteiger partial charge on any atom is 0.220 e. The highest BCUT2D eigenvalue weighted by Gasteiger charge is 2.18. The van der Waals surface area contributed by atoms with Crippen molar-refractivity contribution < 1.29 is 15.0 Å². The van der Waals surface area contributed by atoms with Gasteiger partial charge in [-0.3, -0.25) is 4.79 Å². The molecule has 0 aromatic rings. The maximum absolute atomic E-state index is 12.5. The van der Waals surface area contributed by atoms with E-state index in [0.29, 0.717) is 6.42 Å². The van der Waals surface area contributed by atoms with Crippen LogP contribution in [0.2, 0.25) is 0 Å². The third-order valence-electron chi connectivity index (χ3n) is 13.3. The summed E-state index contributed by atoms with van der Waals surface area (Å²) in [7, 11) is 0. The summed E-state index contributed by atoms with van der Waals surface area (Å²) in [5, 5.41) is 23.2. The summed E-state index contributed by atoms with van der Waals surface area (Å²) < 4.78 is 0. The number of amides is 1. The Bertz CT molecular complexity index is 1330. The molecule has 0 radical (unpaired) electrons. The second kappa shape index (κ2) is 60.4. The first-order chi connectivity index (χ1) is 34.7. The molecule has 1 amide bonds. The zero-order valence-corrected chi connectivity index (χ0v) is 46.3. The van der Waals surface area contributed by atoms with Crippen LogP contribution in [0, 0.1) is 0 Å². The average Bonchev–Trinajstić information content (AvgIpc) is 3.36. The van der Waals surface area contributed by atoms with Gasteiger partial charge in [-0.2, -0.15) is 0 Å². The molecule has 0 aliphatic carbocycles. The van der Waals surface area contributed by atoms with Crippen molar-refractivity contribution in [3.8, 4) is 0 Å². The zero-order chi connectivity index (χ0) is 50.6. The molecule has 0 saturated heterocycles. The van der Waals surface area contributed by atoms with Crippen LogP contribution in [0.1, 0.15) is 284 Å². The summed E-state index contributed by atoms with van der Waals surface area (Å²) in [5.74, 6) is -0.108. The first-order valence-corrected chi connectivity index (χ1v) is 30.1. The topological polar surface area (TPSA) is 69.6 Å². The molecule has 4 heteroatoms. The molecule has 0 fully saturated rings. The lowest BCUT2D eigenvalue weighted by atomic mass is 10.0. The number of unbranched alkanes of at least 4 members (excludes halogenated alkanes) is 31. The molecule has 0 aromatic heterocycles. The highest BCUT2D eigenvalue weighted by molar-refractivity contribution is 5.76. The van der Waals surface area contributed by atoms with Gasteiger partial charge in [0.25, 0.3) is 0 Å². The third-order valence-corrected chi connectivity index (χ3v) is 13.3. The lowest BCUT2D eigenvalue weighted by Crippen LogP contribution is -2.45. The van der Waals surface area contributed by atoms with Gasteiger partial charge in [0.2, 0.25) is 5.91 Å². The number of allylic oxidation sites excluding steroid dienone is 17. The van der Waals surface area contributed by atoms with Crippen molar-refractivity contribution in [2.45, 2.75) is 296 Å². The molecule has 0 saturated carbocycles. The molecule has 3 N–H and O–H groups in total. The average molecular weight is 971 g/mol. The standard InChI is InChI=1S/C66H115NO3/c1-3-5-7-9-11-13-15-17-19-21-23-25-27-29-31-32-33-34-36-37-39-41-43-45-47-49-51-53-55-57-59-61-65(69)64(63-68)67-66(70)62-60-58-56-54-52-50-48-46-44-42-40-38-35-30-28-26-24-22-20-18-16-14-12-10-8-6-4-2/h6,8,12,14,18,20,24,26,30,35,40,42,46,48,52,54,59,61,64-65,68-69H,3-5,7,9-11,13,15-17,19,21-23,25,27-29,31-34,36-39,41,43-45,47,49-51,53,55-58,60,62-63H2,1-2H3,(H,67,70)/b8-6-,14-12-,20-18-,26-24-,35-30-,42-40-,48-46-,54-52-,61-59+. The molecule has 0 aliphatic rings. The van der Waals surface area contributed by atoms with Gasteiger partial charge in [-0.05, 0) is 83.5 Å². The molecule has 402 valence electrons. The van der Waals surface area contributed by atoms with Crippen LogP contribution in [-0.4, -0.2) is 34.9 Å². The van der Waals surface area contributed by atoms with Gasteiger partial charge in [-0.1, -0.05) is 303 Å². The van der Waals surface area contributed by atoms with Gasteiger partial charge in [0.05, 0.1) is 18.8 Å². The molecule has 70 heavy (non-hydrogen) atoms. The summed E-state index contributed by atoms with van der Waals surface area (Å²) in [6.45, 7) is 4.19. The van der Waals surface area contributed by atoms with Crippen molar-refractivity contribution in [2.75, 3.05) is 6.61 Å². The van der Waals surface area contributed by atoms with E-state index in [-0.39, 0.29) is 12.5 Å². The summed E-state index contributed by atoms with van der Waals surface area (Å²) >= 11 is 0. The van der Waals surface area contributed by atoms with Gasteiger partial charge in [-0.25, -0.2) is 0 Å². The Labute approximate surface area is 436 Å². The van der Waals surface area contributed by atoms with Crippen LogP contribution in [0.5, 0.6) is 0 Å².